The summed E-state index contributed by atoms with van der Waals surface area (Å²) < 4.78 is 32.9. The Bertz CT molecular complexity index is 1400. The standard InChI is InChI=1S/C23H21ClN4O6S/c1-15-13-17(28(30)31)6-10-20(15)22-11-7-18(34-22)14-25-26-23(29)21-3-2-12-27(21)35(32,33)19-8-4-16(24)5-9-19/h4-11,13-14,21H,2-3,12H2,1H3,(H,26,29)/b25-14-/t21-/m0/s1. The van der Waals surface area contributed by atoms with E-state index < -0.39 is 26.9 Å². The lowest BCUT2D eigenvalue weighted by Crippen LogP contribution is -2.44. The normalized spacial score (nSPS) is 16.6. The van der Waals surface area contributed by atoms with Gasteiger partial charge >= 0.3 is 0 Å². The van der Waals surface area contributed by atoms with Gasteiger partial charge in [0.2, 0.25) is 10.0 Å². The van der Waals surface area contributed by atoms with Crippen molar-refractivity contribution in [3.05, 3.63) is 81.1 Å². The van der Waals surface area contributed by atoms with Gasteiger partial charge in [0.1, 0.15) is 17.6 Å². The number of non-ortho nitro benzene ring substituents is 1. The lowest BCUT2D eigenvalue weighted by atomic mass is 10.1. The number of nitrogens with zero attached hydrogens (tertiary/aromatic N) is 3. The van der Waals surface area contributed by atoms with Gasteiger partial charge in [-0.05, 0) is 67.8 Å². The van der Waals surface area contributed by atoms with Gasteiger partial charge in [-0.3, -0.25) is 14.9 Å². The highest BCUT2D eigenvalue weighted by atomic mass is 35.5. The Morgan fingerprint density at radius 2 is 1.97 bits per heavy atom. The first-order valence-electron chi connectivity index (χ1n) is 10.6. The van der Waals surface area contributed by atoms with Crippen molar-refractivity contribution in [3.8, 4) is 11.3 Å². The maximum Gasteiger partial charge on any atom is 0.269 e. The molecule has 2 aromatic carbocycles. The number of benzene rings is 2. The van der Waals surface area contributed by atoms with Gasteiger partial charge in [-0.2, -0.15) is 9.41 Å². The quantitative estimate of drug-likeness (QED) is 0.285. The molecule has 1 aliphatic heterocycles. The summed E-state index contributed by atoms with van der Waals surface area (Å²) in [5.41, 5.74) is 3.73. The van der Waals surface area contributed by atoms with Gasteiger partial charge in [-0.25, -0.2) is 13.8 Å². The summed E-state index contributed by atoms with van der Waals surface area (Å²) in [6.45, 7) is 1.97. The third-order valence-electron chi connectivity index (χ3n) is 5.61. The number of amides is 1. The minimum atomic E-state index is -3.87. The van der Waals surface area contributed by atoms with Crippen LogP contribution in [0.1, 0.15) is 24.2 Å². The van der Waals surface area contributed by atoms with E-state index in [1.807, 2.05) is 0 Å². The van der Waals surface area contributed by atoms with Crippen molar-refractivity contribution in [3.63, 3.8) is 0 Å². The first kappa shape index (κ1) is 24.6. The van der Waals surface area contributed by atoms with E-state index in [9.17, 15) is 23.3 Å². The van der Waals surface area contributed by atoms with Crippen LogP contribution < -0.4 is 5.43 Å². The number of nitro groups is 1. The van der Waals surface area contributed by atoms with Crippen molar-refractivity contribution in [2.24, 2.45) is 5.10 Å². The average Bonchev–Trinajstić information content (AvgIpc) is 3.49. The van der Waals surface area contributed by atoms with Gasteiger partial charge < -0.3 is 4.42 Å². The molecule has 0 radical (unpaired) electrons. The lowest BCUT2D eigenvalue weighted by Gasteiger charge is -2.22. The third-order valence-corrected chi connectivity index (χ3v) is 7.78. The zero-order chi connectivity index (χ0) is 25.2. The number of aryl methyl sites for hydroxylation is 1. The van der Waals surface area contributed by atoms with Crippen molar-refractivity contribution >= 4 is 39.4 Å². The fourth-order valence-electron chi connectivity index (χ4n) is 3.87. The summed E-state index contributed by atoms with van der Waals surface area (Å²) in [5.74, 6) is 0.283. The molecule has 12 heteroatoms. The number of halogens is 1. The molecule has 0 aliphatic carbocycles. The number of nitrogens with one attached hydrogen (secondary N) is 1. The van der Waals surface area contributed by atoms with E-state index in [1.54, 1.807) is 25.1 Å². The van der Waals surface area contributed by atoms with Crippen LogP contribution >= 0.6 is 11.6 Å². The Labute approximate surface area is 206 Å². The van der Waals surface area contributed by atoms with Crippen LogP contribution in [0.4, 0.5) is 5.69 Å². The average molecular weight is 517 g/mol. The molecule has 0 unspecified atom stereocenters. The van der Waals surface area contributed by atoms with Gasteiger partial charge in [0, 0.05) is 29.3 Å². The highest BCUT2D eigenvalue weighted by Gasteiger charge is 2.39. The number of nitro benzene ring substituents is 1. The second-order valence-electron chi connectivity index (χ2n) is 7.92. The van der Waals surface area contributed by atoms with Crippen molar-refractivity contribution < 1.29 is 22.6 Å². The smallest absolute Gasteiger partial charge is 0.269 e. The van der Waals surface area contributed by atoms with Crippen molar-refractivity contribution in [1.29, 1.82) is 0 Å². The first-order valence-corrected chi connectivity index (χ1v) is 12.4. The van der Waals surface area contributed by atoms with Crippen molar-refractivity contribution in [2.45, 2.75) is 30.7 Å². The number of carbonyl (C=O) groups is 1. The van der Waals surface area contributed by atoms with Gasteiger partial charge in [0.15, 0.2) is 0 Å². The molecule has 0 bridgehead atoms. The van der Waals surface area contributed by atoms with E-state index in [1.165, 1.54) is 46.9 Å². The molecule has 10 nitrogen and oxygen atoms in total. The zero-order valence-corrected chi connectivity index (χ0v) is 20.1. The van der Waals surface area contributed by atoms with Crippen molar-refractivity contribution in [2.75, 3.05) is 6.54 Å². The second-order valence-corrected chi connectivity index (χ2v) is 10.2. The third kappa shape index (κ3) is 5.26. The summed E-state index contributed by atoms with van der Waals surface area (Å²) in [4.78, 5) is 23.2. The zero-order valence-electron chi connectivity index (χ0n) is 18.5. The highest BCUT2D eigenvalue weighted by molar-refractivity contribution is 7.89. The molecular formula is C23H21ClN4O6S. The molecule has 35 heavy (non-hydrogen) atoms. The summed E-state index contributed by atoms with van der Waals surface area (Å²) in [7, 11) is -3.87. The fourth-order valence-corrected chi connectivity index (χ4v) is 5.65. The minimum Gasteiger partial charge on any atom is -0.455 e. The van der Waals surface area contributed by atoms with Crippen LogP contribution in [0, 0.1) is 17.0 Å². The lowest BCUT2D eigenvalue weighted by molar-refractivity contribution is -0.384. The van der Waals surface area contributed by atoms with Crippen LogP contribution in [0.25, 0.3) is 11.3 Å². The van der Waals surface area contributed by atoms with Crippen LogP contribution in [0.3, 0.4) is 0 Å². The predicted molar refractivity (Wildman–Crippen MR) is 130 cm³/mol. The topological polar surface area (TPSA) is 135 Å². The Morgan fingerprint density at radius 1 is 1.23 bits per heavy atom. The maximum absolute atomic E-state index is 13.0. The van der Waals surface area contributed by atoms with Gasteiger partial charge in [0.25, 0.3) is 11.6 Å². The van der Waals surface area contributed by atoms with Crippen LogP contribution in [0.5, 0.6) is 0 Å². The van der Waals surface area contributed by atoms with Crippen LogP contribution in [-0.4, -0.2) is 42.4 Å². The molecule has 1 saturated heterocycles. The Morgan fingerprint density at radius 3 is 2.66 bits per heavy atom. The first-order chi connectivity index (χ1) is 16.7. The fraction of sp³-hybridized carbons (Fsp3) is 0.217. The molecule has 0 spiro atoms. The molecule has 1 aromatic heterocycles. The number of rotatable bonds is 7. The Balaban J connectivity index is 1.43. The van der Waals surface area contributed by atoms with E-state index in [0.717, 1.165) is 0 Å². The largest absolute Gasteiger partial charge is 0.455 e. The second kappa shape index (κ2) is 9.98. The van der Waals surface area contributed by atoms with Crippen molar-refractivity contribution in [1.82, 2.24) is 9.73 Å². The molecule has 3 aromatic rings. The maximum atomic E-state index is 13.0. The van der Waals surface area contributed by atoms with Crippen LogP contribution in [-0.2, 0) is 14.8 Å². The molecule has 2 heterocycles. The SMILES string of the molecule is Cc1cc([N+](=O)[O-])ccc1-c1ccc(/C=N\NC(=O)[C@@H]2CCCN2S(=O)(=O)c2ccc(Cl)cc2)o1. The van der Waals surface area contributed by atoms with E-state index in [2.05, 4.69) is 10.5 Å². The molecular weight excluding hydrogens is 496 g/mol. The summed E-state index contributed by atoms with van der Waals surface area (Å²) >= 11 is 5.85. The number of sulfonamides is 1. The number of hydrogen-bond acceptors (Lipinski definition) is 7. The monoisotopic (exact) mass is 516 g/mol. The molecule has 1 N–H and O–H groups in total. The molecule has 1 atom stereocenters. The van der Waals surface area contributed by atoms with Crippen LogP contribution in [0.2, 0.25) is 5.02 Å². The molecule has 4 rings (SSSR count). The number of hydrazone groups is 1. The van der Waals surface area contributed by atoms with E-state index >= 15 is 0 Å². The number of carbonyl (C=O) groups excluding carboxylic acids is 1. The Kier molecular flexibility index (Phi) is 7.01. The number of furan rings is 1. The predicted octanol–water partition coefficient (Wildman–Crippen LogP) is 4.12. The van der Waals surface area contributed by atoms with E-state index in [4.69, 9.17) is 16.0 Å². The van der Waals surface area contributed by atoms with E-state index in [-0.39, 0.29) is 17.1 Å². The highest BCUT2D eigenvalue weighted by Crippen LogP contribution is 2.29. The van der Waals surface area contributed by atoms with Gasteiger partial charge in [-0.15, -0.1) is 0 Å². The summed E-state index contributed by atoms with van der Waals surface area (Å²) in [5, 5.41) is 15.2. The Hall–Kier alpha value is -3.54. The molecule has 182 valence electrons. The molecule has 1 fully saturated rings. The minimum absolute atomic E-state index is 0.0127. The molecule has 1 aliphatic rings. The van der Waals surface area contributed by atoms with E-state index in [0.29, 0.717) is 40.5 Å². The number of hydrogen-bond donors (Lipinski definition) is 1. The summed E-state index contributed by atoms with van der Waals surface area (Å²) in [6.07, 6.45) is 2.22. The molecule has 1 amide bonds. The summed E-state index contributed by atoms with van der Waals surface area (Å²) in [6, 6.07) is 12.7. The van der Waals surface area contributed by atoms with Crippen LogP contribution in [0.15, 0.2) is 69.0 Å². The molecule has 0 saturated carbocycles. The van der Waals surface area contributed by atoms with Gasteiger partial charge in [0.05, 0.1) is 16.0 Å². The van der Waals surface area contributed by atoms with Gasteiger partial charge in [-0.1, -0.05) is 11.6 Å².